The van der Waals surface area contributed by atoms with E-state index >= 15 is 0 Å². The number of carbonyl (C=O) groups is 1. The van der Waals surface area contributed by atoms with Crippen molar-refractivity contribution in [2.75, 3.05) is 44.9 Å². The second-order valence-corrected chi connectivity index (χ2v) is 6.29. The van der Waals surface area contributed by atoms with Crippen LogP contribution in [-0.4, -0.2) is 55.7 Å². The van der Waals surface area contributed by atoms with Crippen LogP contribution < -0.4 is 9.64 Å². The van der Waals surface area contributed by atoms with Gasteiger partial charge in [-0.1, -0.05) is 6.07 Å². The van der Waals surface area contributed by atoms with E-state index in [1.54, 1.807) is 29.3 Å². The largest absolute Gasteiger partial charge is 0.494 e. The molecule has 2 heterocycles. The number of ether oxygens (including phenoxy) is 2. The molecule has 1 aliphatic rings. The summed E-state index contributed by atoms with van der Waals surface area (Å²) < 4.78 is 24.2. The summed E-state index contributed by atoms with van der Waals surface area (Å²) in [5.41, 5.74) is 1.23. The lowest BCUT2D eigenvalue weighted by Gasteiger charge is -2.28. The first-order valence-corrected chi connectivity index (χ1v) is 9.02. The minimum Gasteiger partial charge on any atom is -0.494 e. The molecule has 1 aromatic heterocycles. The van der Waals surface area contributed by atoms with E-state index < -0.39 is 5.82 Å². The van der Waals surface area contributed by atoms with Gasteiger partial charge in [-0.15, -0.1) is 0 Å². The molecule has 7 heteroatoms. The Balaban J connectivity index is 1.69. The van der Waals surface area contributed by atoms with E-state index in [1.165, 1.54) is 13.2 Å². The minimum atomic E-state index is -0.435. The maximum Gasteiger partial charge on any atom is 0.255 e. The van der Waals surface area contributed by atoms with Crippen LogP contribution in [0.5, 0.6) is 5.75 Å². The van der Waals surface area contributed by atoms with E-state index in [0.29, 0.717) is 37.4 Å². The molecule has 0 atom stereocenters. The van der Waals surface area contributed by atoms with Crippen molar-refractivity contribution in [2.45, 2.75) is 13.5 Å². The van der Waals surface area contributed by atoms with Crippen molar-refractivity contribution in [1.29, 1.82) is 0 Å². The fraction of sp³-hybridized carbons (Fsp3) is 0.400. The monoisotopic (exact) mass is 373 g/mol. The zero-order valence-corrected chi connectivity index (χ0v) is 15.7. The van der Waals surface area contributed by atoms with Gasteiger partial charge in [0.2, 0.25) is 0 Å². The van der Waals surface area contributed by atoms with Gasteiger partial charge < -0.3 is 19.3 Å². The first kappa shape index (κ1) is 19.1. The van der Waals surface area contributed by atoms with Crippen molar-refractivity contribution >= 4 is 11.7 Å². The van der Waals surface area contributed by atoms with Crippen molar-refractivity contribution in [1.82, 2.24) is 9.88 Å². The Morgan fingerprint density at radius 1 is 1.30 bits per heavy atom. The molecule has 144 valence electrons. The number of anilines is 1. The zero-order valence-electron chi connectivity index (χ0n) is 15.7. The van der Waals surface area contributed by atoms with Gasteiger partial charge in [0.1, 0.15) is 5.82 Å². The molecule has 1 aromatic carbocycles. The quantitative estimate of drug-likeness (QED) is 0.779. The number of halogens is 1. The predicted molar refractivity (Wildman–Crippen MR) is 101 cm³/mol. The van der Waals surface area contributed by atoms with Crippen LogP contribution >= 0.6 is 0 Å². The normalized spacial score (nSPS) is 14.1. The third-order valence-electron chi connectivity index (χ3n) is 4.59. The summed E-state index contributed by atoms with van der Waals surface area (Å²) in [5.74, 6) is 0.468. The van der Waals surface area contributed by atoms with Gasteiger partial charge in [-0.3, -0.25) is 4.79 Å². The van der Waals surface area contributed by atoms with Crippen molar-refractivity contribution in [2.24, 2.45) is 0 Å². The van der Waals surface area contributed by atoms with Gasteiger partial charge in [0.25, 0.3) is 5.91 Å². The Bertz CT molecular complexity index is 777. The lowest BCUT2D eigenvalue weighted by Crippen LogP contribution is -2.36. The molecule has 0 saturated carbocycles. The summed E-state index contributed by atoms with van der Waals surface area (Å²) in [6.07, 6.45) is 1.60. The number of methoxy groups -OCH3 is 1. The predicted octanol–water partition coefficient (Wildman–Crippen LogP) is 2.73. The van der Waals surface area contributed by atoms with Gasteiger partial charge >= 0.3 is 0 Å². The number of amides is 1. The molecule has 0 radical (unpaired) electrons. The molecule has 0 unspecified atom stereocenters. The van der Waals surface area contributed by atoms with Gasteiger partial charge in [0, 0.05) is 32.4 Å². The van der Waals surface area contributed by atoms with Crippen LogP contribution in [0.1, 0.15) is 22.8 Å². The average Bonchev–Trinajstić information content (AvgIpc) is 2.72. The fourth-order valence-corrected chi connectivity index (χ4v) is 3.03. The first-order chi connectivity index (χ1) is 13.1. The fourth-order valence-electron chi connectivity index (χ4n) is 3.03. The molecular weight excluding hydrogens is 349 g/mol. The molecule has 0 bridgehead atoms. The van der Waals surface area contributed by atoms with Crippen LogP contribution in [0, 0.1) is 5.82 Å². The average molecular weight is 373 g/mol. The van der Waals surface area contributed by atoms with Gasteiger partial charge in [0.05, 0.1) is 25.9 Å². The number of pyridine rings is 1. The summed E-state index contributed by atoms with van der Waals surface area (Å²) >= 11 is 0. The second kappa shape index (κ2) is 8.81. The lowest BCUT2D eigenvalue weighted by molar-refractivity contribution is 0.0752. The van der Waals surface area contributed by atoms with Crippen molar-refractivity contribution < 1.29 is 18.7 Å². The number of hydrogen-bond acceptors (Lipinski definition) is 5. The van der Waals surface area contributed by atoms with E-state index in [2.05, 4.69) is 9.88 Å². The molecule has 0 aliphatic carbocycles. The smallest absolute Gasteiger partial charge is 0.255 e. The molecule has 1 amide bonds. The highest BCUT2D eigenvalue weighted by Gasteiger charge is 2.17. The highest BCUT2D eigenvalue weighted by atomic mass is 19.1. The topological polar surface area (TPSA) is 54.9 Å². The summed E-state index contributed by atoms with van der Waals surface area (Å²) in [5, 5.41) is 0. The zero-order chi connectivity index (χ0) is 19.2. The van der Waals surface area contributed by atoms with Gasteiger partial charge in [0.15, 0.2) is 11.6 Å². The third kappa shape index (κ3) is 4.54. The second-order valence-electron chi connectivity index (χ2n) is 6.29. The van der Waals surface area contributed by atoms with Crippen molar-refractivity contribution in [3.05, 3.63) is 53.5 Å². The molecule has 6 nitrogen and oxygen atoms in total. The number of carbonyl (C=O) groups excluding carboxylic acids is 1. The molecule has 1 fully saturated rings. The summed E-state index contributed by atoms with van der Waals surface area (Å²) in [6, 6.07) is 8.38. The Labute approximate surface area is 158 Å². The van der Waals surface area contributed by atoms with E-state index in [9.17, 15) is 9.18 Å². The molecular formula is C20H24FN3O3. The minimum absolute atomic E-state index is 0.130. The molecule has 0 spiro atoms. The number of nitrogens with zero attached hydrogens (tertiary/aromatic N) is 3. The summed E-state index contributed by atoms with van der Waals surface area (Å²) in [7, 11) is 1.42. The molecule has 3 rings (SSSR count). The van der Waals surface area contributed by atoms with Gasteiger partial charge in [-0.2, -0.15) is 0 Å². The lowest BCUT2D eigenvalue weighted by atomic mass is 10.1. The molecule has 1 saturated heterocycles. The highest BCUT2D eigenvalue weighted by molar-refractivity contribution is 5.94. The van der Waals surface area contributed by atoms with Crippen LogP contribution in [0.4, 0.5) is 10.2 Å². The third-order valence-corrected chi connectivity index (χ3v) is 4.59. The van der Waals surface area contributed by atoms with E-state index in [-0.39, 0.29) is 11.7 Å². The SMILES string of the molecule is CCN(Cc1ccc(OC)c(F)c1)C(=O)c1ccc(N2CCOCC2)nc1. The van der Waals surface area contributed by atoms with Crippen LogP contribution in [0.25, 0.3) is 0 Å². The van der Waals surface area contributed by atoms with Crippen LogP contribution in [0.3, 0.4) is 0 Å². The molecule has 0 N–H and O–H groups in total. The van der Waals surface area contributed by atoms with E-state index in [4.69, 9.17) is 9.47 Å². The maximum absolute atomic E-state index is 13.9. The van der Waals surface area contributed by atoms with Crippen LogP contribution in [0.2, 0.25) is 0 Å². The standard InChI is InChI=1S/C20H24FN3O3/c1-3-23(14-15-4-6-18(26-2)17(21)12-15)20(25)16-5-7-19(22-13-16)24-8-10-27-11-9-24/h4-7,12-13H,3,8-11,14H2,1-2H3. The number of rotatable bonds is 6. The van der Waals surface area contributed by atoms with Crippen molar-refractivity contribution in [3.8, 4) is 5.75 Å². The Kier molecular flexibility index (Phi) is 6.24. The maximum atomic E-state index is 13.9. The number of aromatic nitrogens is 1. The highest BCUT2D eigenvalue weighted by Crippen LogP contribution is 2.20. The molecule has 27 heavy (non-hydrogen) atoms. The summed E-state index contributed by atoms with van der Waals surface area (Å²) in [6.45, 7) is 5.69. The van der Waals surface area contributed by atoms with Crippen LogP contribution in [0.15, 0.2) is 36.5 Å². The number of benzene rings is 1. The molecule has 2 aromatic rings. The van der Waals surface area contributed by atoms with E-state index in [1.807, 2.05) is 13.0 Å². The Morgan fingerprint density at radius 2 is 2.07 bits per heavy atom. The van der Waals surface area contributed by atoms with E-state index in [0.717, 1.165) is 18.9 Å². The first-order valence-electron chi connectivity index (χ1n) is 9.02. The number of hydrogen-bond donors (Lipinski definition) is 0. The number of morpholine rings is 1. The van der Waals surface area contributed by atoms with Crippen molar-refractivity contribution in [3.63, 3.8) is 0 Å². The van der Waals surface area contributed by atoms with Gasteiger partial charge in [-0.25, -0.2) is 9.37 Å². The molecule has 1 aliphatic heterocycles. The Hall–Kier alpha value is -2.67. The Morgan fingerprint density at radius 3 is 2.67 bits per heavy atom. The summed E-state index contributed by atoms with van der Waals surface area (Å²) in [4.78, 5) is 21.0. The van der Waals surface area contributed by atoms with Crippen LogP contribution in [-0.2, 0) is 11.3 Å². The van der Waals surface area contributed by atoms with Gasteiger partial charge in [-0.05, 0) is 36.8 Å².